The van der Waals surface area contributed by atoms with Crippen LogP contribution in [-0.4, -0.2) is 48.8 Å². The highest BCUT2D eigenvalue weighted by atomic mass is 16.5. The second-order valence-electron chi connectivity index (χ2n) is 7.28. The Bertz CT molecular complexity index is 821. The zero-order valence-electron chi connectivity index (χ0n) is 14.9. The SMILES string of the molecule is Cc1cccc(OCC(=O)N2C[C@@H]3c4ccccc4OC[C@]3(CO)C2)c1. The van der Waals surface area contributed by atoms with Crippen molar-refractivity contribution >= 4 is 5.91 Å². The molecule has 2 aromatic rings. The molecule has 1 saturated heterocycles. The fraction of sp³-hybridized carbons (Fsp3) is 0.381. The van der Waals surface area contributed by atoms with Gasteiger partial charge in [0.1, 0.15) is 11.5 Å². The molecule has 5 nitrogen and oxygen atoms in total. The molecule has 0 saturated carbocycles. The third kappa shape index (κ3) is 2.92. The molecule has 2 aromatic carbocycles. The summed E-state index contributed by atoms with van der Waals surface area (Å²) in [5, 5.41) is 10.1. The molecular formula is C21H23NO4. The van der Waals surface area contributed by atoms with Crippen LogP contribution in [0.4, 0.5) is 0 Å². The van der Waals surface area contributed by atoms with Crippen LogP contribution >= 0.6 is 0 Å². The molecule has 26 heavy (non-hydrogen) atoms. The van der Waals surface area contributed by atoms with Gasteiger partial charge in [-0.1, -0.05) is 30.3 Å². The van der Waals surface area contributed by atoms with E-state index in [9.17, 15) is 9.90 Å². The van der Waals surface area contributed by atoms with Gasteiger partial charge in [-0.15, -0.1) is 0 Å². The van der Waals surface area contributed by atoms with Crippen molar-refractivity contribution in [1.29, 1.82) is 0 Å². The fourth-order valence-corrected chi connectivity index (χ4v) is 4.00. The van der Waals surface area contributed by atoms with Crippen molar-refractivity contribution in [2.45, 2.75) is 12.8 Å². The van der Waals surface area contributed by atoms with Gasteiger partial charge in [0.05, 0.1) is 18.6 Å². The van der Waals surface area contributed by atoms with Gasteiger partial charge in [0.25, 0.3) is 5.91 Å². The zero-order valence-corrected chi connectivity index (χ0v) is 14.9. The first-order chi connectivity index (χ1) is 12.6. The van der Waals surface area contributed by atoms with Gasteiger partial charge in [0.2, 0.25) is 0 Å². The van der Waals surface area contributed by atoms with E-state index in [0.717, 1.165) is 16.9 Å². The minimum Gasteiger partial charge on any atom is -0.493 e. The highest BCUT2D eigenvalue weighted by molar-refractivity contribution is 5.78. The summed E-state index contributed by atoms with van der Waals surface area (Å²) >= 11 is 0. The maximum absolute atomic E-state index is 12.7. The summed E-state index contributed by atoms with van der Waals surface area (Å²) in [5.74, 6) is 1.57. The number of nitrogens with zero attached hydrogens (tertiary/aromatic N) is 1. The molecule has 2 atom stereocenters. The molecule has 4 rings (SSSR count). The third-order valence-electron chi connectivity index (χ3n) is 5.48. The molecular weight excluding hydrogens is 330 g/mol. The number of benzene rings is 2. The van der Waals surface area contributed by atoms with E-state index in [0.29, 0.717) is 25.4 Å². The number of para-hydroxylation sites is 1. The van der Waals surface area contributed by atoms with Crippen LogP contribution in [0.25, 0.3) is 0 Å². The number of aryl methyl sites for hydroxylation is 1. The van der Waals surface area contributed by atoms with E-state index in [4.69, 9.17) is 9.47 Å². The molecule has 2 aliphatic rings. The Kier molecular flexibility index (Phi) is 4.32. The van der Waals surface area contributed by atoms with Crippen LogP contribution in [0.5, 0.6) is 11.5 Å². The summed E-state index contributed by atoms with van der Waals surface area (Å²) in [6.45, 7) is 3.47. The van der Waals surface area contributed by atoms with E-state index in [2.05, 4.69) is 0 Å². The molecule has 1 amide bonds. The van der Waals surface area contributed by atoms with Crippen molar-refractivity contribution in [1.82, 2.24) is 4.90 Å². The summed E-state index contributed by atoms with van der Waals surface area (Å²) in [4.78, 5) is 14.5. The van der Waals surface area contributed by atoms with E-state index >= 15 is 0 Å². The molecule has 136 valence electrons. The number of hydrogen-bond acceptors (Lipinski definition) is 4. The topological polar surface area (TPSA) is 59.0 Å². The Morgan fingerprint density at radius 1 is 1.31 bits per heavy atom. The predicted octanol–water partition coefficient (Wildman–Crippen LogP) is 2.37. The number of aliphatic hydroxyl groups is 1. The second kappa shape index (κ2) is 6.65. The van der Waals surface area contributed by atoms with Crippen LogP contribution < -0.4 is 9.47 Å². The summed E-state index contributed by atoms with van der Waals surface area (Å²) in [6.07, 6.45) is 0. The normalized spacial score (nSPS) is 23.8. The number of carbonyl (C=O) groups excluding carboxylic acids is 1. The Morgan fingerprint density at radius 3 is 2.96 bits per heavy atom. The molecule has 0 radical (unpaired) electrons. The number of rotatable bonds is 4. The minimum absolute atomic E-state index is 0.000184. The Balaban J connectivity index is 1.48. The van der Waals surface area contributed by atoms with E-state index in [-0.39, 0.29) is 25.0 Å². The Morgan fingerprint density at radius 2 is 2.15 bits per heavy atom. The molecule has 0 aromatic heterocycles. The van der Waals surface area contributed by atoms with Crippen molar-refractivity contribution in [3.8, 4) is 11.5 Å². The van der Waals surface area contributed by atoms with Gasteiger partial charge in [0.15, 0.2) is 6.61 Å². The largest absolute Gasteiger partial charge is 0.493 e. The molecule has 1 fully saturated rings. The molecule has 0 bridgehead atoms. The number of fused-ring (bicyclic) bond motifs is 3. The standard InChI is InChI=1S/C21H23NO4/c1-15-5-4-6-16(9-15)25-11-20(24)22-10-18-17-7-2-3-8-19(17)26-14-21(18,12-22)13-23/h2-9,18,23H,10-14H2,1H3/t18-,21-/m1/s1. The lowest BCUT2D eigenvalue weighted by atomic mass is 9.74. The first-order valence-electron chi connectivity index (χ1n) is 8.91. The maximum atomic E-state index is 12.7. The first-order valence-corrected chi connectivity index (χ1v) is 8.91. The number of aliphatic hydroxyl groups excluding tert-OH is 1. The monoisotopic (exact) mass is 353 g/mol. The van der Waals surface area contributed by atoms with Crippen LogP contribution in [0.3, 0.4) is 0 Å². The van der Waals surface area contributed by atoms with E-state index in [1.165, 1.54) is 0 Å². The number of amides is 1. The molecule has 2 heterocycles. The van der Waals surface area contributed by atoms with Gasteiger partial charge in [0, 0.05) is 19.0 Å². The highest BCUT2D eigenvalue weighted by Crippen LogP contribution is 2.49. The lowest BCUT2D eigenvalue weighted by molar-refractivity contribution is -0.132. The molecule has 0 unspecified atom stereocenters. The Labute approximate surface area is 153 Å². The van der Waals surface area contributed by atoms with Gasteiger partial charge in [-0.25, -0.2) is 0 Å². The van der Waals surface area contributed by atoms with Crippen molar-refractivity contribution in [2.75, 3.05) is 32.9 Å². The van der Waals surface area contributed by atoms with Crippen molar-refractivity contribution < 1.29 is 19.4 Å². The van der Waals surface area contributed by atoms with Crippen molar-refractivity contribution in [3.63, 3.8) is 0 Å². The van der Waals surface area contributed by atoms with Crippen LogP contribution in [0.15, 0.2) is 48.5 Å². The van der Waals surface area contributed by atoms with Crippen LogP contribution in [0.2, 0.25) is 0 Å². The van der Waals surface area contributed by atoms with Crippen LogP contribution in [-0.2, 0) is 4.79 Å². The lowest BCUT2D eigenvalue weighted by Gasteiger charge is -2.37. The van der Waals surface area contributed by atoms with Crippen LogP contribution in [0.1, 0.15) is 17.0 Å². The number of hydrogen-bond donors (Lipinski definition) is 1. The van der Waals surface area contributed by atoms with Gasteiger partial charge in [-0.05, 0) is 36.2 Å². The highest BCUT2D eigenvalue weighted by Gasteiger charge is 2.52. The van der Waals surface area contributed by atoms with Gasteiger partial charge in [-0.3, -0.25) is 4.79 Å². The first kappa shape index (κ1) is 16.9. The molecule has 5 heteroatoms. The smallest absolute Gasteiger partial charge is 0.260 e. The lowest BCUT2D eigenvalue weighted by Crippen LogP contribution is -2.43. The van der Waals surface area contributed by atoms with Gasteiger partial charge >= 0.3 is 0 Å². The summed E-state index contributed by atoms with van der Waals surface area (Å²) in [7, 11) is 0. The van der Waals surface area contributed by atoms with E-state index in [1.807, 2.05) is 55.5 Å². The quantitative estimate of drug-likeness (QED) is 0.917. The van der Waals surface area contributed by atoms with Gasteiger partial charge in [-0.2, -0.15) is 0 Å². The fourth-order valence-electron chi connectivity index (χ4n) is 4.00. The molecule has 0 spiro atoms. The molecule has 2 aliphatic heterocycles. The summed E-state index contributed by atoms with van der Waals surface area (Å²) in [6, 6.07) is 15.6. The molecule has 1 N–H and O–H groups in total. The summed E-state index contributed by atoms with van der Waals surface area (Å²) < 4.78 is 11.5. The minimum atomic E-state index is -0.437. The number of carbonyl (C=O) groups is 1. The predicted molar refractivity (Wildman–Crippen MR) is 97.5 cm³/mol. The van der Waals surface area contributed by atoms with Gasteiger partial charge < -0.3 is 19.5 Å². The number of ether oxygens (including phenoxy) is 2. The van der Waals surface area contributed by atoms with Crippen molar-refractivity contribution in [3.05, 3.63) is 59.7 Å². The van der Waals surface area contributed by atoms with Crippen LogP contribution in [0, 0.1) is 12.3 Å². The van der Waals surface area contributed by atoms with Crippen molar-refractivity contribution in [2.24, 2.45) is 5.41 Å². The second-order valence-corrected chi connectivity index (χ2v) is 7.28. The average Bonchev–Trinajstić information content (AvgIpc) is 3.07. The van der Waals surface area contributed by atoms with E-state index < -0.39 is 5.41 Å². The third-order valence-corrected chi connectivity index (χ3v) is 5.48. The molecule has 0 aliphatic carbocycles. The Hall–Kier alpha value is -2.53. The zero-order chi connectivity index (χ0) is 18.1. The average molecular weight is 353 g/mol. The van der Waals surface area contributed by atoms with E-state index in [1.54, 1.807) is 4.90 Å². The summed E-state index contributed by atoms with van der Waals surface area (Å²) in [5.41, 5.74) is 1.73. The maximum Gasteiger partial charge on any atom is 0.260 e. The number of likely N-dealkylation sites (tertiary alicyclic amines) is 1.